The first-order valence-electron chi connectivity index (χ1n) is 7.34. The van der Waals surface area contributed by atoms with Crippen molar-refractivity contribution in [3.05, 3.63) is 23.8 Å². The van der Waals surface area contributed by atoms with Crippen molar-refractivity contribution in [1.29, 1.82) is 0 Å². The molecule has 1 heterocycles. The maximum atomic E-state index is 12.1. The standard InChI is InChI=1S/C15H20N2O6S/c1-22-12-5-10(6-13(7-12)23-2)15(19)16-8-14(18)17-11-3-4-24(20,21)9-11/h5-7,11H,3-4,8-9H2,1-2H3,(H,16,19)(H,17,18). The summed E-state index contributed by atoms with van der Waals surface area (Å²) in [6.45, 7) is -0.241. The molecular formula is C15H20N2O6S. The van der Waals surface area contributed by atoms with Gasteiger partial charge >= 0.3 is 0 Å². The Morgan fingerprint density at radius 3 is 2.29 bits per heavy atom. The smallest absolute Gasteiger partial charge is 0.251 e. The zero-order valence-electron chi connectivity index (χ0n) is 13.5. The number of benzene rings is 1. The summed E-state index contributed by atoms with van der Waals surface area (Å²) in [6, 6.07) is 4.29. The molecule has 1 aliphatic heterocycles. The third kappa shape index (κ3) is 4.85. The van der Waals surface area contributed by atoms with Gasteiger partial charge in [0.25, 0.3) is 5.91 Å². The molecule has 2 N–H and O–H groups in total. The van der Waals surface area contributed by atoms with Crippen molar-refractivity contribution in [1.82, 2.24) is 10.6 Å². The molecule has 1 fully saturated rings. The lowest BCUT2D eigenvalue weighted by Gasteiger charge is -2.12. The Morgan fingerprint density at radius 1 is 1.17 bits per heavy atom. The molecule has 24 heavy (non-hydrogen) atoms. The predicted molar refractivity (Wildman–Crippen MR) is 87.1 cm³/mol. The van der Waals surface area contributed by atoms with Crippen molar-refractivity contribution >= 4 is 21.7 Å². The van der Waals surface area contributed by atoms with E-state index < -0.39 is 27.7 Å². The van der Waals surface area contributed by atoms with E-state index in [-0.39, 0.29) is 18.1 Å². The fourth-order valence-electron chi connectivity index (χ4n) is 2.39. The topological polar surface area (TPSA) is 111 Å². The largest absolute Gasteiger partial charge is 0.497 e. The predicted octanol–water partition coefficient (Wildman–Crippen LogP) is -0.263. The Bertz CT molecular complexity index is 709. The van der Waals surface area contributed by atoms with Crippen LogP contribution in [0.4, 0.5) is 0 Å². The van der Waals surface area contributed by atoms with E-state index in [2.05, 4.69) is 10.6 Å². The van der Waals surface area contributed by atoms with Gasteiger partial charge in [-0.1, -0.05) is 0 Å². The molecule has 132 valence electrons. The van der Waals surface area contributed by atoms with Crippen molar-refractivity contribution in [2.75, 3.05) is 32.3 Å². The second kappa shape index (κ2) is 7.52. The second-order valence-corrected chi connectivity index (χ2v) is 7.68. The zero-order chi connectivity index (χ0) is 17.7. The maximum absolute atomic E-state index is 12.1. The number of methoxy groups -OCH3 is 2. The maximum Gasteiger partial charge on any atom is 0.251 e. The molecule has 0 aliphatic carbocycles. The first kappa shape index (κ1) is 18.1. The molecule has 0 aromatic heterocycles. The summed E-state index contributed by atoms with van der Waals surface area (Å²) in [4.78, 5) is 23.9. The van der Waals surface area contributed by atoms with Gasteiger partial charge in [0.2, 0.25) is 5.91 Å². The van der Waals surface area contributed by atoms with Crippen molar-refractivity contribution < 1.29 is 27.5 Å². The molecule has 2 amide bonds. The minimum Gasteiger partial charge on any atom is -0.497 e. The molecule has 0 bridgehead atoms. The number of hydrogen-bond donors (Lipinski definition) is 2. The van der Waals surface area contributed by atoms with E-state index in [0.29, 0.717) is 23.5 Å². The van der Waals surface area contributed by atoms with Crippen LogP contribution < -0.4 is 20.1 Å². The highest BCUT2D eigenvalue weighted by molar-refractivity contribution is 7.91. The van der Waals surface area contributed by atoms with Gasteiger partial charge in [0.05, 0.1) is 32.3 Å². The SMILES string of the molecule is COc1cc(OC)cc(C(=O)NCC(=O)NC2CCS(=O)(=O)C2)c1. The highest BCUT2D eigenvalue weighted by atomic mass is 32.2. The molecule has 0 radical (unpaired) electrons. The lowest BCUT2D eigenvalue weighted by atomic mass is 10.2. The summed E-state index contributed by atoms with van der Waals surface area (Å²) in [5.41, 5.74) is 0.294. The molecule has 1 atom stereocenters. The van der Waals surface area contributed by atoms with Crippen molar-refractivity contribution in [2.45, 2.75) is 12.5 Å². The fraction of sp³-hybridized carbons (Fsp3) is 0.467. The summed E-state index contributed by atoms with van der Waals surface area (Å²) in [7, 11) is -0.117. The normalized spacial score (nSPS) is 18.7. The van der Waals surface area contributed by atoms with Gasteiger partial charge in [-0.2, -0.15) is 0 Å². The number of carbonyl (C=O) groups is 2. The van der Waals surface area contributed by atoms with Gasteiger partial charge in [-0.15, -0.1) is 0 Å². The highest BCUT2D eigenvalue weighted by Gasteiger charge is 2.28. The summed E-state index contributed by atoms with van der Waals surface area (Å²) >= 11 is 0. The minimum atomic E-state index is -3.06. The Labute approximate surface area is 140 Å². The second-order valence-electron chi connectivity index (χ2n) is 5.45. The van der Waals surface area contributed by atoms with E-state index in [4.69, 9.17) is 9.47 Å². The molecule has 0 saturated carbocycles. The van der Waals surface area contributed by atoms with Crippen LogP contribution in [0.25, 0.3) is 0 Å². The van der Waals surface area contributed by atoms with Gasteiger partial charge in [-0.05, 0) is 18.6 Å². The van der Waals surface area contributed by atoms with Gasteiger partial charge < -0.3 is 20.1 Å². The molecule has 2 rings (SSSR count). The molecule has 1 unspecified atom stereocenters. The molecule has 1 aliphatic rings. The Kier molecular flexibility index (Phi) is 5.66. The fourth-order valence-corrected chi connectivity index (χ4v) is 4.06. The quantitative estimate of drug-likeness (QED) is 0.726. The van der Waals surface area contributed by atoms with Crippen LogP contribution in [-0.2, 0) is 14.6 Å². The number of rotatable bonds is 6. The first-order chi connectivity index (χ1) is 11.3. The van der Waals surface area contributed by atoms with E-state index in [1.165, 1.54) is 26.4 Å². The molecule has 1 saturated heterocycles. The summed E-state index contributed by atoms with van der Waals surface area (Å²) in [5.74, 6) is 0.0511. The third-order valence-electron chi connectivity index (χ3n) is 3.62. The average Bonchev–Trinajstić information content (AvgIpc) is 2.90. The van der Waals surface area contributed by atoms with Crippen LogP contribution in [0.2, 0.25) is 0 Å². The molecule has 9 heteroatoms. The summed E-state index contributed by atoms with van der Waals surface area (Å²) < 4.78 is 32.9. The minimum absolute atomic E-state index is 0.0558. The van der Waals surface area contributed by atoms with Crippen LogP contribution in [0.5, 0.6) is 11.5 Å². The number of ether oxygens (including phenoxy) is 2. The van der Waals surface area contributed by atoms with E-state index in [1.54, 1.807) is 6.07 Å². The highest BCUT2D eigenvalue weighted by Crippen LogP contribution is 2.22. The Balaban J connectivity index is 1.90. The van der Waals surface area contributed by atoms with Crippen LogP contribution in [0, 0.1) is 0 Å². The number of carbonyl (C=O) groups excluding carboxylic acids is 2. The van der Waals surface area contributed by atoms with Crippen LogP contribution in [-0.4, -0.2) is 58.5 Å². The molecule has 1 aromatic carbocycles. The van der Waals surface area contributed by atoms with Crippen molar-refractivity contribution in [3.8, 4) is 11.5 Å². The van der Waals surface area contributed by atoms with Gasteiger partial charge in [0.1, 0.15) is 11.5 Å². The third-order valence-corrected chi connectivity index (χ3v) is 5.39. The number of sulfone groups is 1. The zero-order valence-corrected chi connectivity index (χ0v) is 14.3. The van der Waals surface area contributed by atoms with Crippen molar-refractivity contribution in [3.63, 3.8) is 0 Å². The lowest BCUT2D eigenvalue weighted by molar-refractivity contribution is -0.120. The Morgan fingerprint density at radius 2 is 1.79 bits per heavy atom. The van der Waals surface area contributed by atoms with E-state index >= 15 is 0 Å². The number of nitrogens with one attached hydrogen (secondary N) is 2. The number of hydrogen-bond acceptors (Lipinski definition) is 6. The first-order valence-corrected chi connectivity index (χ1v) is 9.16. The van der Waals surface area contributed by atoms with Gasteiger partial charge in [-0.3, -0.25) is 9.59 Å². The summed E-state index contributed by atoms with van der Waals surface area (Å²) in [6.07, 6.45) is 0.398. The van der Waals surface area contributed by atoms with Gasteiger partial charge in [0, 0.05) is 17.7 Å². The van der Waals surface area contributed by atoms with Crippen molar-refractivity contribution in [2.24, 2.45) is 0 Å². The van der Waals surface area contributed by atoms with E-state index in [1.807, 2.05) is 0 Å². The van der Waals surface area contributed by atoms with Gasteiger partial charge in [-0.25, -0.2) is 8.42 Å². The van der Waals surface area contributed by atoms with E-state index in [9.17, 15) is 18.0 Å². The number of amides is 2. The van der Waals surface area contributed by atoms with Crippen LogP contribution in [0.15, 0.2) is 18.2 Å². The Hall–Kier alpha value is -2.29. The molecule has 0 spiro atoms. The lowest BCUT2D eigenvalue weighted by Crippen LogP contribution is -2.42. The molecule has 1 aromatic rings. The average molecular weight is 356 g/mol. The molecular weight excluding hydrogens is 336 g/mol. The van der Waals surface area contributed by atoms with Gasteiger partial charge in [0.15, 0.2) is 9.84 Å². The van der Waals surface area contributed by atoms with Crippen LogP contribution >= 0.6 is 0 Å². The molecule has 8 nitrogen and oxygen atoms in total. The van der Waals surface area contributed by atoms with E-state index in [0.717, 1.165) is 0 Å². The monoisotopic (exact) mass is 356 g/mol. The summed E-state index contributed by atoms with van der Waals surface area (Å²) in [5, 5.41) is 5.09. The van der Waals surface area contributed by atoms with Crippen LogP contribution in [0.3, 0.4) is 0 Å². The van der Waals surface area contributed by atoms with Crippen LogP contribution in [0.1, 0.15) is 16.8 Å².